The molecule has 20 heavy (non-hydrogen) atoms. The number of ether oxygens (including phenoxy) is 2. The molecular formula is C15H20FNO3. The predicted octanol–water partition coefficient (Wildman–Crippen LogP) is 2.15. The van der Waals surface area contributed by atoms with E-state index in [1.165, 1.54) is 13.2 Å². The van der Waals surface area contributed by atoms with Gasteiger partial charge in [0.15, 0.2) is 0 Å². The van der Waals surface area contributed by atoms with Gasteiger partial charge in [-0.3, -0.25) is 9.69 Å². The van der Waals surface area contributed by atoms with Gasteiger partial charge in [-0.15, -0.1) is 0 Å². The number of morpholine rings is 1. The van der Waals surface area contributed by atoms with Crippen molar-refractivity contribution in [2.75, 3.05) is 26.8 Å². The second kappa shape index (κ2) is 6.81. The Balaban J connectivity index is 2.01. The SMILES string of the molecule is COC(=O)C[C@@H]1CN([C@@H](C)c2ccccc2F)CCO1. The molecule has 0 amide bonds. The first-order valence-corrected chi connectivity index (χ1v) is 6.78. The normalized spacial score (nSPS) is 21.4. The Morgan fingerprint density at radius 3 is 3.00 bits per heavy atom. The Labute approximate surface area is 118 Å². The van der Waals surface area contributed by atoms with E-state index in [1.807, 2.05) is 13.0 Å². The molecule has 0 spiro atoms. The third kappa shape index (κ3) is 3.55. The van der Waals surface area contributed by atoms with E-state index in [9.17, 15) is 9.18 Å². The van der Waals surface area contributed by atoms with Crippen molar-refractivity contribution >= 4 is 5.97 Å². The second-order valence-electron chi connectivity index (χ2n) is 4.97. The van der Waals surface area contributed by atoms with E-state index < -0.39 is 0 Å². The zero-order valence-electron chi connectivity index (χ0n) is 11.8. The van der Waals surface area contributed by atoms with Crippen molar-refractivity contribution in [3.63, 3.8) is 0 Å². The van der Waals surface area contributed by atoms with E-state index in [1.54, 1.807) is 12.1 Å². The number of methoxy groups -OCH3 is 1. The summed E-state index contributed by atoms with van der Waals surface area (Å²) >= 11 is 0. The van der Waals surface area contributed by atoms with Crippen LogP contribution in [0.5, 0.6) is 0 Å². The lowest BCUT2D eigenvalue weighted by Crippen LogP contribution is -2.44. The fourth-order valence-corrected chi connectivity index (χ4v) is 2.50. The molecule has 1 aliphatic rings. The summed E-state index contributed by atoms with van der Waals surface area (Å²) in [6.45, 7) is 3.84. The van der Waals surface area contributed by atoms with Gasteiger partial charge in [0.25, 0.3) is 0 Å². The molecule has 2 atom stereocenters. The molecule has 2 rings (SSSR count). The van der Waals surface area contributed by atoms with E-state index in [-0.39, 0.29) is 30.4 Å². The highest BCUT2D eigenvalue weighted by atomic mass is 19.1. The molecule has 1 heterocycles. The van der Waals surface area contributed by atoms with Crippen molar-refractivity contribution < 1.29 is 18.7 Å². The first-order valence-electron chi connectivity index (χ1n) is 6.78. The van der Waals surface area contributed by atoms with Crippen LogP contribution in [-0.4, -0.2) is 43.8 Å². The lowest BCUT2D eigenvalue weighted by molar-refractivity contribution is -0.146. The minimum absolute atomic E-state index is 0.0414. The molecule has 0 bridgehead atoms. The van der Waals surface area contributed by atoms with Gasteiger partial charge >= 0.3 is 5.97 Å². The average Bonchev–Trinajstić information content (AvgIpc) is 2.47. The molecule has 1 aliphatic heterocycles. The number of benzene rings is 1. The Morgan fingerprint density at radius 1 is 1.55 bits per heavy atom. The van der Waals surface area contributed by atoms with Gasteiger partial charge in [-0.2, -0.15) is 0 Å². The molecule has 0 saturated carbocycles. The van der Waals surface area contributed by atoms with Crippen molar-refractivity contribution in [3.05, 3.63) is 35.6 Å². The summed E-state index contributed by atoms with van der Waals surface area (Å²) in [5.74, 6) is -0.480. The quantitative estimate of drug-likeness (QED) is 0.793. The van der Waals surface area contributed by atoms with Gasteiger partial charge in [-0.05, 0) is 13.0 Å². The Bertz CT molecular complexity index is 466. The number of hydrogen-bond acceptors (Lipinski definition) is 4. The van der Waals surface area contributed by atoms with Gasteiger partial charge in [0, 0.05) is 24.7 Å². The van der Waals surface area contributed by atoms with Crippen molar-refractivity contribution in [3.8, 4) is 0 Å². The molecule has 5 heteroatoms. The predicted molar refractivity (Wildman–Crippen MR) is 72.8 cm³/mol. The highest BCUT2D eigenvalue weighted by Crippen LogP contribution is 2.25. The maximum Gasteiger partial charge on any atom is 0.308 e. The first-order chi connectivity index (χ1) is 9.61. The monoisotopic (exact) mass is 281 g/mol. The number of carbonyl (C=O) groups is 1. The van der Waals surface area contributed by atoms with Crippen molar-refractivity contribution in [2.24, 2.45) is 0 Å². The largest absolute Gasteiger partial charge is 0.469 e. The van der Waals surface area contributed by atoms with E-state index in [4.69, 9.17) is 4.74 Å². The van der Waals surface area contributed by atoms with Crippen LogP contribution in [0.3, 0.4) is 0 Å². The van der Waals surface area contributed by atoms with Crippen LogP contribution in [0.2, 0.25) is 0 Å². The summed E-state index contributed by atoms with van der Waals surface area (Å²) in [4.78, 5) is 13.4. The summed E-state index contributed by atoms with van der Waals surface area (Å²) in [6, 6.07) is 6.75. The van der Waals surface area contributed by atoms with Crippen molar-refractivity contribution in [1.82, 2.24) is 4.90 Å². The maximum absolute atomic E-state index is 13.8. The molecule has 0 N–H and O–H groups in total. The van der Waals surface area contributed by atoms with Crippen LogP contribution in [0, 0.1) is 5.82 Å². The molecule has 1 fully saturated rings. The van der Waals surface area contributed by atoms with Crippen LogP contribution in [0.15, 0.2) is 24.3 Å². The van der Waals surface area contributed by atoms with E-state index in [0.717, 1.165) is 6.54 Å². The van der Waals surface area contributed by atoms with Gasteiger partial charge in [0.1, 0.15) is 5.82 Å². The van der Waals surface area contributed by atoms with Crippen LogP contribution in [-0.2, 0) is 14.3 Å². The van der Waals surface area contributed by atoms with E-state index >= 15 is 0 Å². The minimum Gasteiger partial charge on any atom is -0.469 e. The second-order valence-corrected chi connectivity index (χ2v) is 4.97. The molecule has 0 radical (unpaired) electrons. The molecule has 110 valence electrons. The molecule has 1 saturated heterocycles. The van der Waals surface area contributed by atoms with Gasteiger partial charge in [0.2, 0.25) is 0 Å². The zero-order chi connectivity index (χ0) is 14.5. The van der Waals surface area contributed by atoms with Crippen LogP contribution in [0.25, 0.3) is 0 Å². The molecule has 1 aromatic carbocycles. The fourth-order valence-electron chi connectivity index (χ4n) is 2.50. The maximum atomic E-state index is 13.8. The molecule has 4 nitrogen and oxygen atoms in total. The number of hydrogen-bond donors (Lipinski definition) is 0. The molecule has 0 aromatic heterocycles. The summed E-state index contributed by atoms with van der Waals surface area (Å²) in [7, 11) is 1.37. The Kier molecular flexibility index (Phi) is 5.09. The van der Waals surface area contributed by atoms with E-state index in [0.29, 0.717) is 18.7 Å². The van der Waals surface area contributed by atoms with Crippen LogP contribution < -0.4 is 0 Å². The van der Waals surface area contributed by atoms with Crippen molar-refractivity contribution in [1.29, 1.82) is 0 Å². The van der Waals surface area contributed by atoms with Gasteiger partial charge in [-0.1, -0.05) is 18.2 Å². The highest BCUT2D eigenvalue weighted by Gasteiger charge is 2.27. The smallest absolute Gasteiger partial charge is 0.308 e. The number of nitrogens with zero attached hydrogens (tertiary/aromatic N) is 1. The molecule has 1 aromatic rings. The van der Waals surface area contributed by atoms with Crippen LogP contribution in [0.4, 0.5) is 4.39 Å². The summed E-state index contributed by atoms with van der Waals surface area (Å²) < 4.78 is 24.0. The molecule has 0 unspecified atom stereocenters. The van der Waals surface area contributed by atoms with E-state index in [2.05, 4.69) is 9.64 Å². The van der Waals surface area contributed by atoms with Gasteiger partial charge in [0.05, 0.1) is 26.2 Å². The lowest BCUT2D eigenvalue weighted by atomic mass is 10.0. The van der Waals surface area contributed by atoms with Gasteiger partial charge < -0.3 is 9.47 Å². The average molecular weight is 281 g/mol. The Hall–Kier alpha value is -1.46. The standard InChI is InChI=1S/C15H20FNO3/c1-11(13-5-3-4-6-14(13)16)17-7-8-20-12(10-17)9-15(18)19-2/h3-6,11-12H,7-10H2,1-2H3/t11-,12+/m0/s1. The van der Waals surface area contributed by atoms with Gasteiger partial charge in [-0.25, -0.2) is 4.39 Å². The number of rotatable bonds is 4. The minimum atomic E-state index is -0.282. The Morgan fingerprint density at radius 2 is 2.30 bits per heavy atom. The van der Waals surface area contributed by atoms with Crippen molar-refractivity contribution in [2.45, 2.75) is 25.5 Å². The first kappa shape index (κ1) is 14.9. The third-order valence-corrected chi connectivity index (χ3v) is 3.70. The number of carbonyl (C=O) groups excluding carboxylic acids is 1. The fraction of sp³-hybridized carbons (Fsp3) is 0.533. The lowest BCUT2D eigenvalue weighted by Gasteiger charge is -2.36. The third-order valence-electron chi connectivity index (χ3n) is 3.70. The number of halogens is 1. The van der Waals surface area contributed by atoms with Crippen LogP contribution >= 0.6 is 0 Å². The zero-order valence-corrected chi connectivity index (χ0v) is 11.8. The summed E-state index contributed by atoms with van der Waals surface area (Å²) in [6.07, 6.45) is 0.0437. The molecule has 0 aliphatic carbocycles. The number of esters is 1. The molecular weight excluding hydrogens is 261 g/mol. The summed E-state index contributed by atoms with van der Waals surface area (Å²) in [5, 5.41) is 0. The van der Waals surface area contributed by atoms with Crippen LogP contribution in [0.1, 0.15) is 24.9 Å². The topological polar surface area (TPSA) is 38.8 Å². The summed E-state index contributed by atoms with van der Waals surface area (Å²) in [5.41, 5.74) is 0.672. The highest BCUT2D eigenvalue weighted by molar-refractivity contribution is 5.69.